The highest BCUT2D eigenvalue weighted by molar-refractivity contribution is 7.89. The number of aromatic nitrogens is 3. The fourth-order valence-corrected chi connectivity index (χ4v) is 6.59. The van der Waals surface area contributed by atoms with E-state index in [9.17, 15) is 18.0 Å². The Morgan fingerprint density at radius 1 is 1.02 bits per heavy atom. The third-order valence-corrected chi connectivity index (χ3v) is 9.82. The van der Waals surface area contributed by atoms with Crippen molar-refractivity contribution in [1.82, 2.24) is 29.9 Å². The van der Waals surface area contributed by atoms with Gasteiger partial charge >= 0.3 is 5.69 Å². The van der Waals surface area contributed by atoms with Crippen molar-refractivity contribution in [1.29, 1.82) is 0 Å². The first-order valence-electron chi connectivity index (χ1n) is 16.8. The summed E-state index contributed by atoms with van der Waals surface area (Å²) in [5.41, 5.74) is 13.9. The smallest absolute Gasteiger partial charge is 0.354 e. The summed E-state index contributed by atoms with van der Waals surface area (Å²) in [6, 6.07) is 16.0. The van der Waals surface area contributed by atoms with E-state index in [-0.39, 0.29) is 34.4 Å². The summed E-state index contributed by atoms with van der Waals surface area (Å²) in [5, 5.41) is 6.87. The molecule has 0 saturated carbocycles. The van der Waals surface area contributed by atoms with E-state index < -0.39 is 10.0 Å². The number of amides is 1. The van der Waals surface area contributed by atoms with Gasteiger partial charge in [-0.25, -0.2) is 17.9 Å². The number of hydrogen-bond donors (Lipinski definition) is 6. The van der Waals surface area contributed by atoms with Gasteiger partial charge in [-0.15, -0.1) is 0 Å². The lowest BCUT2D eigenvalue weighted by Gasteiger charge is -2.24. The van der Waals surface area contributed by atoms with Crippen molar-refractivity contribution in [2.75, 3.05) is 26.2 Å². The second-order valence-corrected chi connectivity index (χ2v) is 16.2. The Kier molecular flexibility index (Phi) is 12.2. The van der Waals surface area contributed by atoms with Gasteiger partial charge in [-0.2, -0.15) is 4.98 Å². The Labute approximate surface area is 294 Å². The Bertz CT molecular complexity index is 1940. The van der Waals surface area contributed by atoms with Gasteiger partial charge in [0.05, 0.1) is 10.6 Å². The number of sulfonamides is 1. The molecule has 0 unspecified atom stereocenters. The highest BCUT2D eigenvalue weighted by atomic mass is 32.2. The van der Waals surface area contributed by atoms with Crippen LogP contribution in [0.2, 0.25) is 0 Å². The fourth-order valence-electron chi connectivity index (χ4n) is 5.32. The summed E-state index contributed by atoms with van der Waals surface area (Å²) in [5.74, 6) is -0.165. The molecule has 14 heteroatoms. The molecule has 0 spiro atoms. The van der Waals surface area contributed by atoms with Crippen LogP contribution in [0.4, 0.5) is 0 Å². The van der Waals surface area contributed by atoms with Crippen LogP contribution in [0.3, 0.4) is 0 Å². The zero-order chi connectivity index (χ0) is 36.7. The van der Waals surface area contributed by atoms with Crippen molar-refractivity contribution >= 4 is 32.9 Å². The number of carbonyl (C=O) groups excluding carboxylic acids is 1. The van der Waals surface area contributed by atoms with Crippen molar-refractivity contribution in [2.24, 2.45) is 16.5 Å². The fraction of sp³-hybridized carbons (Fsp3) is 0.444. The van der Waals surface area contributed by atoms with Crippen LogP contribution in [0.1, 0.15) is 82.4 Å². The Balaban J connectivity index is 0.000000244. The van der Waals surface area contributed by atoms with Crippen LogP contribution in [0.15, 0.2) is 75.5 Å². The monoisotopic (exact) mass is 705 g/mol. The largest absolute Gasteiger partial charge is 0.370 e. The van der Waals surface area contributed by atoms with E-state index in [4.69, 9.17) is 11.5 Å². The van der Waals surface area contributed by atoms with Crippen molar-refractivity contribution < 1.29 is 13.2 Å². The normalized spacial score (nSPS) is 15.2. The molecule has 2 aromatic carbocycles. The van der Waals surface area contributed by atoms with Gasteiger partial charge in [-0.05, 0) is 79.3 Å². The lowest BCUT2D eigenvalue weighted by atomic mass is 9.87. The standard InChI is InChI=1S/C21H27N7O2.C15H24N2O2S/c1-21(2,3)16-11-14-12-28(20(30)27-17(14)26-16)15-7-5-13(6-8-15)18(29)24-9-4-10-25-19(22)23;1-15(2,3)12-6-8-14(9-7-12)20(18,19)17-13-5-4-10-16-11-13/h5-8,11-12H,4,9-10H2,1-3H3,(H,24,29)(H4,22,23,25)(H,26,27,30);6-9,13,16-17H,4-5,10-11H2,1-3H3/t;13-/m.1/s1. The number of H-pyrrole nitrogens is 1. The van der Waals surface area contributed by atoms with Crippen LogP contribution >= 0.6 is 0 Å². The molecule has 8 N–H and O–H groups in total. The molecule has 1 aliphatic rings. The second kappa shape index (κ2) is 16.0. The average Bonchev–Trinajstić information content (AvgIpc) is 3.48. The van der Waals surface area contributed by atoms with E-state index >= 15 is 0 Å². The van der Waals surface area contributed by atoms with Crippen LogP contribution in [-0.2, 0) is 20.9 Å². The summed E-state index contributed by atoms with van der Waals surface area (Å²) >= 11 is 0. The van der Waals surface area contributed by atoms with Crippen LogP contribution in [-0.4, -0.2) is 67.0 Å². The Morgan fingerprint density at radius 2 is 1.70 bits per heavy atom. The number of nitrogens with one attached hydrogen (secondary N) is 4. The Hall–Kier alpha value is -4.53. The van der Waals surface area contributed by atoms with Gasteiger partial charge in [0, 0.05) is 53.9 Å². The minimum atomic E-state index is -3.41. The van der Waals surface area contributed by atoms with Gasteiger partial charge in [0.15, 0.2) is 5.96 Å². The maximum Gasteiger partial charge on any atom is 0.354 e. The number of nitrogens with zero attached hydrogens (tertiary/aromatic N) is 3. The number of benzene rings is 2. The summed E-state index contributed by atoms with van der Waals surface area (Å²) in [4.78, 5) is 36.3. The molecule has 5 rings (SSSR count). The molecule has 0 aliphatic carbocycles. The number of carbonyl (C=O) groups is 1. The maximum atomic E-state index is 12.5. The summed E-state index contributed by atoms with van der Waals surface area (Å²) in [6.07, 6.45) is 4.30. The lowest BCUT2D eigenvalue weighted by molar-refractivity contribution is 0.0953. The third-order valence-electron chi connectivity index (χ3n) is 8.29. The number of fused-ring (bicyclic) bond motifs is 1. The molecule has 1 fully saturated rings. The first kappa shape index (κ1) is 38.3. The SMILES string of the molecule is CC(C)(C)c1cc2cn(-c3ccc(C(=O)NCCCN=C(N)N)cc3)c(=O)nc2[nH]1.CC(C)(C)c1ccc(S(=O)(=O)N[C@@H]2CCCNC2)cc1. The van der Waals surface area contributed by atoms with Gasteiger partial charge in [-0.1, -0.05) is 53.7 Å². The van der Waals surface area contributed by atoms with Gasteiger partial charge in [0.2, 0.25) is 10.0 Å². The molecule has 270 valence electrons. The van der Waals surface area contributed by atoms with Crippen LogP contribution in [0.5, 0.6) is 0 Å². The summed E-state index contributed by atoms with van der Waals surface area (Å²) in [6.45, 7) is 15.2. The molecule has 4 aromatic rings. The predicted molar refractivity (Wildman–Crippen MR) is 199 cm³/mol. The topological polar surface area (TPSA) is 202 Å². The molecule has 2 aromatic heterocycles. The number of nitrogens with two attached hydrogens (primary N) is 2. The summed E-state index contributed by atoms with van der Waals surface area (Å²) < 4.78 is 28.9. The van der Waals surface area contributed by atoms with Gasteiger partial charge in [-0.3, -0.25) is 14.4 Å². The molecule has 1 amide bonds. The zero-order valence-electron chi connectivity index (χ0n) is 29.8. The highest BCUT2D eigenvalue weighted by Gasteiger charge is 2.23. The number of rotatable bonds is 9. The molecule has 0 bridgehead atoms. The van der Waals surface area contributed by atoms with Crippen LogP contribution in [0.25, 0.3) is 16.7 Å². The van der Waals surface area contributed by atoms with Gasteiger partial charge < -0.3 is 27.1 Å². The van der Waals surface area contributed by atoms with E-state index in [1.165, 1.54) is 4.57 Å². The molecule has 13 nitrogen and oxygen atoms in total. The molecule has 0 radical (unpaired) electrons. The average molecular weight is 706 g/mol. The van der Waals surface area contributed by atoms with E-state index in [0.717, 1.165) is 36.0 Å². The van der Waals surface area contributed by atoms with E-state index in [1.54, 1.807) is 42.6 Å². The van der Waals surface area contributed by atoms with Gasteiger partial charge in [0.25, 0.3) is 5.91 Å². The third kappa shape index (κ3) is 10.5. The van der Waals surface area contributed by atoms with Crippen LogP contribution in [0, 0.1) is 0 Å². The van der Waals surface area contributed by atoms with Crippen LogP contribution < -0.4 is 32.5 Å². The summed E-state index contributed by atoms with van der Waals surface area (Å²) in [7, 11) is -3.41. The first-order valence-corrected chi connectivity index (χ1v) is 18.3. The number of aromatic amines is 1. The molecule has 1 aliphatic heterocycles. The number of aliphatic imine (C=N–C) groups is 1. The molecular formula is C36H51N9O4S. The van der Waals surface area contributed by atoms with Crippen molar-refractivity contribution in [2.45, 2.75) is 82.6 Å². The maximum absolute atomic E-state index is 12.5. The van der Waals surface area contributed by atoms with Crippen molar-refractivity contribution in [3.63, 3.8) is 0 Å². The minimum absolute atomic E-state index is 0.00366. The van der Waals surface area contributed by atoms with E-state index in [1.807, 2.05) is 18.2 Å². The zero-order valence-corrected chi connectivity index (χ0v) is 30.7. The number of guanidine groups is 1. The number of hydrogen-bond acceptors (Lipinski definition) is 7. The van der Waals surface area contributed by atoms with Crippen molar-refractivity contribution in [3.05, 3.63) is 88.1 Å². The van der Waals surface area contributed by atoms with Crippen molar-refractivity contribution in [3.8, 4) is 5.69 Å². The lowest BCUT2D eigenvalue weighted by Crippen LogP contribution is -2.45. The minimum Gasteiger partial charge on any atom is -0.370 e. The Morgan fingerprint density at radius 3 is 2.28 bits per heavy atom. The first-order chi connectivity index (χ1) is 23.4. The molecule has 1 saturated heterocycles. The number of piperidine rings is 1. The molecular weight excluding hydrogens is 655 g/mol. The molecule has 1 atom stereocenters. The van der Waals surface area contributed by atoms with E-state index in [2.05, 4.69) is 71.9 Å². The highest BCUT2D eigenvalue weighted by Crippen LogP contribution is 2.25. The molecule has 50 heavy (non-hydrogen) atoms. The molecule has 3 heterocycles. The predicted octanol–water partition coefficient (Wildman–Crippen LogP) is 3.42. The van der Waals surface area contributed by atoms with Gasteiger partial charge in [0.1, 0.15) is 5.65 Å². The van der Waals surface area contributed by atoms with E-state index in [0.29, 0.717) is 47.8 Å². The second-order valence-electron chi connectivity index (χ2n) is 14.5. The quantitative estimate of drug-likeness (QED) is 0.0864.